The molecule has 2 aliphatic rings. The van der Waals surface area contributed by atoms with Crippen LogP contribution in [-0.2, 0) is 0 Å². The third-order valence-corrected chi connectivity index (χ3v) is 5.20. The maximum absolute atomic E-state index is 10.9. The van der Waals surface area contributed by atoms with Crippen LogP contribution in [-0.4, -0.2) is 23.3 Å². The molecule has 0 radical (unpaired) electrons. The Kier molecular flexibility index (Phi) is 5.18. The first-order chi connectivity index (χ1) is 10.8. The molecule has 1 aromatic rings. The van der Waals surface area contributed by atoms with Gasteiger partial charge in [0.1, 0.15) is 5.60 Å². The van der Waals surface area contributed by atoms with Crippen molar-refractivity contribution in [2.75, 3.05) is 6.54 Å². The highest BCUT2D eigenvalue weighted by atomic mass is 16.3. The zero-order valence-corrected chi connectivity index (χ0v) is 13.4. The Morgan fingerprint density at radius 3 is 2.59 bits per heavy atom. The fourth-order valence-electron chi connectivity index (χ4n) is 3.81. The van der Waals surface area contributed by atoms with Crippen molar-refractivity contribution < 1.29 is 5.11 Å². The van der Waals surface area contributed by atoms with E-state index in [1.54, 1.807) is 0 Å². The van der Waals surface area contributed by atoms with Crippen LogP contribution in [0.1, 0.15) is 56.9 Å². The van der Waals surface area contributed by atoms with E-state index in [4.69, 9.17) is 0 Å². The molecule has 0 spiro atoms. The van der Waals surface area contributed by atoms with E-state index < -0.39 is 5.60 Å². The molecule has 1 unspecified atom stereocenters. The lowest BCUT2D eigenvalue weighted by molar-refractivity contribution is 0.0762. The largest absolute Gasteiger partial charge is 0.376 e. The summed E-state index contributed by atoms with van der Waals surface area (Å²) in [5.74, 6) is 7.10. The van der Waals surface area contributed by atoms with Crippen LogP contribution >= 0.6 is 0 Å². The predicted molar refractivity (Wildman–Crippen MR) is 90.5 cm³/mol. The van der Waals surface area contributed by atoms with Gasteiger partial charge in [0.2, 0.25) is 0 Å². The Labute approximate surface area is 134 Å². The van der Waals surface area contributed by atoms with Gasteiger partial charge < -0.3 is 10.4 Å². The van der Waals surface area contributed by atoms with E-state index in [2.05, 4.69) is 17.2 Å². The highest BCUT2D eigenvalue weighted by Gasteiger charge is 2.39. The topological polar surface area (TPSA) is 32.3 Å². The standard InChI is InChI=1S/C20H27NO/c22-20(15-13-17-8-3-1-4-9-17)14-7-12-19(20)21-16-18-10-5-2-6-11-18/h1,3-4,8-9,18-19,21-22H,2,5-7,10-12,14,16H2/t19?,20-/m1/s1. The van der Waals surface area contributed by atoms with E-state index in [0.29, 0.717) is 0 Å². The van der Waals surface area contributed by atoms with Crippen LogP contribution in [0.3, 0.4) is 0 Å². The Balaban J connectivity index is 1.60. The summed E-state index contributed by atoms with van der Waals surface area (Å²) in [7, 11) is 0. The van der Waals surface area contributed by atoms with Gasteiger partial charge in [-0.05, 0) is 56.7 Å². The summed E-state index contributed by atoms with van der Waals surface area (Å²) in [5.41, 5.74) is 0.124. The Hall–Kier alpha value is -1.30. The number of hydrogen-bond donors (Lipinski definition) is 2. The zero-order chi connectivity index (χ0) is 15.3. The van der Waals surface area contributed by atoms with Gasteiger partial charge >= 0.3 is 0 Å². The van der Waals surface area contributed by atoms with E-state index in [9.17, 15) is 5.11 Å². The lowest BCUT2D eigenvalue weighted by Gasteiger charge is -2.29. The van der Waals surface area contributed by atoms with Gasteiger partial charge in [0.25, 0.3) is 0 Å². The summed E-state index contributed by atoms with van der Waals surface area (Å²) in [6, 6.07) is 10.1. The minimum Gasteiger partial charge on any atom is -0.376 e. The maximum atomic E-state index is 10.9. The normalized spacial score (nSPS) is 29.0. The summed E-state index contributed by atoms with van der Waals surface area (Å²) in [5, 5.41) is 14.5. The molecule has 2 aliphatic carbocycles. The van der Waals surface area contributed by atoms with E-state index in [1.165, 1.54) is 32.1 Å². The van der Waals surface area contributed by atoms with Gasteiger partial charge in [-0.25, -0.2) is 0 Å². The monoisotopic (exact) mass is 297 g/mol. The van der Waals surface area contributed by atoms with Crippen molar-refractivity contribution in [3.63, 3.8) is 0 Å². The third-order valence-electron chi connectivity index (χ3n) is 5.20. The average Bonchev–Trinajstić information content (AvgIpc) is 2.94. The summed E-state index contributed by atoms with van der Waals surface area (Å²) in [6.45, 7) is 1.04. The molecule has 2 N–H and O–H groups in total. The zero-order valence-electron chi connectivity index (χ0n) is 13.4. The van der Waals surface area contributed by atoms with Crippen LogP contribution in [0.15, 0.2) is 30.3 Å². The smallest absolute Gasteiger partial charge is 0.141 e. The molecule has 0 aromatic heterocycles. The second-order valence-electron chi connectivity index (χ2n) is 6.90. The van der Waals surface area contributed by atoms with Crippen LogP contribution in [0.5, 0.6) is 0 Å². The van der Waals surface area contributed by atoms with Gasteiger partial charge in [-0.15, -0.1) is 0 Å². The summed E-state index contributed by atoms with van der Waals surface area (Å²) in [4.78, 5) is 0. The molecule has 2 saturated carbocycles. The van der Waals surface area contributed by atoms with E-state index in [0.717, 1.165) is 37.3 Å². The van der Waals surface area contributed by atoms with Crippen molar-refractivity contribution in [1.29, 1.82) is 0 Å². The average molecular weight is 297 g/mol. The van der Waals surface area contributed by atoms with E-state index in [1.807, 2.05) is 30.3 Å². The lowest BCUT2D eigenvalue weighted by atomic mass is 9.88. The van der Waals surface area contributed by atoms with Gasteiger partial charge in [0.05, 0.1) is 0 Å². The van der Waals surface area contributed by atoms with Crippen molar-refractivity contribution >= 4 is 0 Å². The van der Waals surface area contributed by atoms with Crippen molar-refractivity contribution in [2.45, 2.75) is 63.0 Å². The fourth-order valence-corrected chi connectivity index (χ4v) is 3.81. The first-order valence-electron chi connectivity index (χ1n) is 8.80. The summed E-state index contributed by atoms with van der Waals surface area (Å²) in [6.07, 6.45) is 9.70. The molecular formula is C20H27NO. The Morgan fingerprint density at radius 1 is 1.05 bits per heavy atom. The molecule has 3 rings (SSSR count). The molecule has 2 nitrogen and oxygen atoms in total. The van der Waals surface area contributed by atoms with Gasteiger partial charge in [0.15, 0.2) is 0 Å². The van der Waals surface area contributed by atoms with Crippen LogP contribution < -0.4 is 5.32 Å². The molecular weight excluding hydrogens is 270 g/mol. The number of aliphatic hydroxyl groups is 1. The van der Waals surface area contributed by atoms with Crippen molar-refractivity contribution in [1.82, 2.24) is 5.32 Å². The van der Waals surface area contributed by atoms with Gasteiger partial charge in [0, 0.05) is 11.6 Å². The number of hydrogen-bond acceptors (Lipinski definition) is 2. The molecule has 0 saturated heterocycles. The minimum absolute atomic E-state index is 0.130. The first-order valence-corrected chi connectivity index (χ1v) is 8.80. The second-order valence-corrected chi connectivity index (χ2v) is 6.90. The highest BCUT2D eigenvalue weighted by Crippen LogP contribution is 2.30. The van der Waals surface area contributed by atoms with E-state index in [-0.39, 0.29) is 6.04 Å². The fraction of sp³-hybridized carbons (Fsp3) is 0.600. The van der Waals surface area contributed by atoms with Gasteiger partial charge in [-0.1, -0.05) is 49.3 Å². The van der Waals surface area contributed by atoms with Gasteiger partial charge in [-0.3, -0.25) is 0 Å². The van der Waals surface area contributed by atoms with Crippen molar-refractivity contribution in [3.8, 4) is 11.8 Å². The molecule has 0 aliphatic heterocycles. The second kappa shape index (κ2) is 7.31. The minimum atomic E-state index is -0.857. The van der Waals surface area contributed by atoms with Gasteiger partial charge in [-0.2, -0.15) is 0 Å². The molecule has 0 bridgehead atoms. The molecule has 22 heavy (non-hydrogen) atoms. The number of benzene rings is 1. The third kappa shape index (κ3) is 3.91. The van der Waals surface area contributed by atoms with Crippen LogP contribution in [0.4, 0.5) is 0 Å². The molecule has 118 valence electrons. The van der Waals surface area contributed by atoms with Crippen LogP contribution in [0.25, 0.3) is 0 Å². The van der Waals surface area contributed by atoms with Crippen LogP contribution in [0, 0.1) is 17.8 Å². The first kappa shape index (κ1) is 15.6. The molecule has 2 heteroatoms. The Morgan fingerprint density at radius 2 is 1.82 bits per heavy atom. The highest BCUT2D eigenvalue weighted by molar-refractivity contribution is 5.37. The molecule has 0 amide bonds. The maximum Gasteiger partial charge on any atom is 0.141 e. The van der Waals surface area contributed by atoms with Crippen molar-refractivity contribution in [3.05, 3.63) is 35.9 Å². The molecule has 2 atom stereocenters. The van der Waals surface area contributed by atoms with Crippen molar-refractivity contribution in [2.24, 2.45) is 5.92 Å². The number of rotatable bonds is 3. The SMILES string of the molecule is O[C@@]1(C#Cc2ccccc2)CCCC1NCC1CCCCC1. The van der Waals surface area contributed by atoms with Crippen LogP contribution in [0.2, 0.25) is 0 Å². The summed E-state index contributed by atoms with van der Waals surface area (Å²) >= 11 is 0. The Bertz CT molecular complexity index is 524. The summed E-state index contributed by atoms with van der Waals surface area (Å²) < 4.78 is 0. The van der Waals surface area contributed by atoms with E-state index >= 15 is 0 Å². The predicted octanol–water partition coefficient (Wildman–Crippen LogP) is 3.49. The number of nitrogens with one attached hydrogen (secondary N) is 1. The molecule has 1 aromatic carbocycles. The quantitative estimate of drug-likeness (QED) is 0.837. The molecule has 2 fully saturated rings. The molecule has 0 heterocycles. The lowest BCUT2D eigenvalue weighted by Crippen LogP contribution is -2.47.